The molecule has 1 atom stereocenters. The van der Waals surface area contributed by atoms with Crippen molar-refractivity contribution in [1.29, 1.82) is 5.26 Å². The lowest BCUT2D eigenvalue weighted by Crippen LogP contribution is -2.21. The Balaban J connectivity index is 1.77. The molecule has 1 aromatic heterocycles. The number of hydrogen-bond acceptors (Lipinski definition) is 5. The number of hydrogen-bond donors (Lipinski definition) is 2. The second-order valence-electron chi connectivity index (χ2n) is 7.53. The van der Waals surface area contributed by atoms with Crippen LogP contribution in [0.4, 0.5) is 0 Å². The van der Waals surface area contributed by atoms with Gasteiger partial charge in [-0.05, 0) is 49.3 Å². The number of nitrogens with zero attached hydrogens (tertiary/aromatic N) is 2. The zero-order valence-electron chi connectivity index (χ0n) is 15.7. The van der Waals surface area contributed by atoms with Gasteiger partial charge in [-0.2, -0.15) is 5.26 Å². The van der Waals surface area contributed by atoms with Gasteiger partial charge < -0.3 is 15.2 Å². The summed E-state index contributed by atoms with van der Waals surface area (Å²) in [6, 6.07) is 10.2. The third-order valence-corrected chi connectivity index (χ3v) is 5.34. The minimum Gasteiger partial charge on any atom is -0.490 e. The minimum atomic E-state index is -0.318. The number of fused-ring (bicyclic) bond motifs is 1. The van der Waals surface area contributed by atoms with Crippen LogP contribution in [0.2, 0.25) is 0 Å². The first-order chi connectivity index (χ1) is 13.1. The third-order valence-electron chi connectivity index (χ3n) is 5.34. The van der Waals surface area contributed by atoms with Gasteiger partial charge in [-0.25, -0.2) is 0 Å². The molecule has 6 nitrogen and oxygen atoms in total. The smallest absolute Gasteiger partial charge is 0.244 e. The third kappa shape index (κ3) is 3.14. The molecule has 0 radical (unpaired) electrons. The maximum atomic E-state index is 9.76. The highest BCUT2D eigenvalue weighted by atomic mass is 16.5. The molecular weight excluding hydrogens is 340 g/mol. The van der Waals surface area contributed by atoms with E-state index < -0.39 is 0 Å². The van der Waals surface area contributed by atoms with Gasteiger partial charge in [0.25, 0.3) is 0 Å². The van der Waals surface area contributed by atoms with Crippen molar-refractivity contribution in [2.75, 3.05) is 0 Å². The lowest BCUT2D eigenvalue weighted by atomic mass is 9.82. The summed E-state index contributed by atoms with van der Waals surface area (Å²) in [4.78, 5) is 0. The second kappa shape index (κ2) is 6.99. The van der Waals surface area contributed by atoms with Crippen LogP contribution in [0.5, 0.6) is 11.6 Å². The number of aromatic amines is 1. The van der Waals surface area contributed by atoms with Gasteiger partial charge in [-0.15, -0.1) is 5.10 Å². The Kier molecular flexibility index (Phi) is 4.53. The van der Waals surface area contributed by atoms with E-state index in [4.69, 9.17) is 15.2 Å². The molecule has 6 heteroatoms. The average Bonchev–Trinajstić information content (AvgIpc) is 3.30. The van der Waals surface area contributed by atoms with Gasteiger partial charge in [0.05, 0.1) is 17.6 Å². The first-order valence-corrected chi connectivity index (χ1v) is 9.50. The summed E-state index contributed by atoms with van der Waals surface area (Å²) >= 11 is 0. The Labute approximate surface area is 159 Å². The monoisotopic (exact) mass is 364 g/mol. The molecule has 0 spiro atoms. The van der Waals surface area contributed by atoms with Crippen LogP contribution in [0.25, 0.3) is 0 Å². The number of benzene rings is 1. The molecular formula is C21H24N4O2. The normalized spacial score (nSPS) is 19.7. The molecule has 2 aromatic rings. The molecule has 1 aromatic carbocycles. The Morgan fingerprint density at radius 1 is 1.33 bits per heavy atom. The molecule has 4 rings (SSSR count). The standard InChI is InChI=1S/C21H24N4O2/c1-12(2)19-18-17(16(11-22)20(23)27-21(18)25-24-19)13-6-5-9-15(10-13)26-14-7-3-4-8-14/h5-6,9-10,12,14,17H,3-4,7-8,23H2,1-2H3,(H,24,25)/t17-/m1/s1. The van der Waals surface area contributed by atoms with Crippen molar-refractivity contribution < 1.29 is 9.47 Å². The quantitative estimate of drug-likeness (QED) is 0.852. The number of allylic oxidation sites excluding steroid dienone is 1. The van der Waals surface area contributed by atoms with Gasteiger partial charge in [-0.1, -0.05) is 26.0 Å². The van der Waals surface area contributed by atoms with Crippen molar-refractivity contribution in [3.63, 3.8) is 0 Å². The van der Waals surface area contributed by atoms with Crippen LogP contribution in [0.3, 0.4) is 0 Å². The zero-order valence-corrected chi connectivity index (χ0v) is 15.7. The molecule has 2 aliphatic rings. The Morgan fingerprint density at radius 2 is 2.11 bits per heavy atom. The van der Waals surface area contributed by atoms with Crippen molar-refractivity contribution in [2.45, 2.75) is 57.5 Å². The van der Waals surface area contributed by atoms with Crippen LogP contribution in [0, 0.1) is 11.3 Å². The van der Waals surface area contributed by atoms with E-state index in [0.29, 0.717) is 11.5 Å². The first-order valence-electron chi connectivity index (χ1n) is 9.50. The summed E-state index contributed by atoms with van der Waals surface area (Å²) in [5.41, 5.74) is 9.24. The summed E-state index contributed by atoms with van der Waals surface area (Å²) in [6.07, 6.45) is 4.92. The van der Waals surface area contributed by atoms with Crippen LogP contribution < -0.4 is 15.2 Å². The van der Waals surface area contributed by atoms with Gasteiger partial charge in [-0.3, -0.25) is 5.10 Å². The SMILES string of the molecule is CC(C)c1[nH]nc2c1[C@H](c1cccc(OC3CCCC3)c1)C(C#N)=C(N)O2. The van der Waals surface area contributed by atoms with Crippen molar-refractivity contribution in [1.82, 2.24) is 10.2 Å². The zero-order chi connectivity index (χ0) is 19.0. The van der Waals surface area contributed by atoms with Crippen LogP contribution in [-0.2, 0) is 0 Å². The maximum absolute atomic E-state index is 9.76. The summed E-state index contributed by atoms with van der Waals surface area (Å²) in [6.45, 7) is 4.16. The van der Waals surface area contributed by atoms with E-state index >= 15 is 0 Å². The second-order valence-corrected chi connectivity index (χ2v) is 7.53. The van der Waals surface area contributed by atoms with E-state index in [1.54, 1.807) is 0 Å². The summed E-state index contributed by atoms with van der Waals surface area (Å²) in [5, 5.41) is 17.1. The highest BCUT2D eigenvalue weighted by molar-refractivity contribution is 5.56. The Morgan fingerprint density at radius 3 is 2.81 bits per heavy atom. The number of aromatic nitrogens is 2. The lowest BCUT2D eigenvalue weighted by molar-refractivity contribution is 0.210. The molecule has 1 fully saturated rings. The largest absolute Gasteiger partial charge is 0.490 e. The van der Waals surface area contributed by atoms with Crippen LogP contribution in [0.1, 0.15) is 68.2 Å². The first kappa shape index (κ1) is 17.5. The van der Waals surface area contributed by atoms with Crippen molar-refractivity contribution >= 4 is 0 Å². The molecule has 0 amide bonds. The minimum absolute atomic E-state index is 0.110. The number of rotatable bonds is 4. The molecule has 2 heterocycles. The predicted octanol–water partition coefficient (Wildman–Crippen LogP) is 4.07. The van der Waals surface area contributed by atoms with E-state index in [2.05, 4.69) is 30.1 Å². The van der Waals surface area contributed by atoms with Gasteiger partial charge in [0, 0.05) is 5.69 Å². The Hall–Kier alpha value is -2.94. The number of nitrogens with one attached hydrogen (secondary N) is 1. The lowest BCUT2D eigenvalue weighted by Gasteiger charge is -2.25. The molecule has 140 valence electrons. The van der Waals surface area contributed by atoms with Crippen LogP contribution >= 0.6 is 0 Å². The van der Waals surface area contributed by atoms with E-state index in [1.807, 2.05) is 24.3 Å². The van der Waals surface area contributed by atoms with Gasteiger partial charge in [0.1, 0.15) is 17.4 Å². The molecule has 0 unspecified atom stereocenters. The number of nitriles is 1. The summed E-state index contributed by atoms with van der Waals surface area (Å²) in [7, 11) is 0. The molecule has 0 bridgehead atoms. The highest BCUT2D eigenvalue weighted by Crippen LogP contribution is 2.45. The number of H-pyrrole nitrogens is 1. The fraction of sp³-hybridized carbons (Fsp3) is 0.429. The van der Waals surface area contributed by atoms with E-state index in [0.717, 1.165) is 35.4 Å². The van der Waals surface area contributed by atoms with Crippen molar-refractivity contribution in [3.05, 3.63) is 52.5 Å². The van der Waals surface area contributed by atoms with Gasteiger partial charge in [0.2, 0.25) is 11.8 Å². The van der Waals surface area contributed by atoms with Crippen LogP contribution in [-0.4, -0.2) is 16.3 Å². The Bertz CT molecular complexity index is 917. The van der Waals surface area contributed by atoms with Gasteiger partial charge >= 0.3 is 0 Å². The van der Waals surface area contributed by atoms with Gasteiger partial charge in [0.15, 0.2) is 0 Å². The molecule has 3 N–H and O–H groups in total. The number of nitrogens with two attached hydrogens (primary N) is 1. The molecule has 0 saturated heterocycles. The average molecular weight is 364 g/mol. The summed E-state index contributed by atoms with van der Waals surface area (Å²) in [5.74, 6) is 1.28. The van der Waals surface area contributed by atoms with E-state index in [9.17, 15) is 5.26 Å². The maximum Gasteiger partial charge on any atom is 0.244 e. The predicted molar refractivity (Wildman–Crippen MR) is 101 cm³/mol. The topological polar surface area (TPSA) is 97.0 Å². The molecule has 27 heavy (non-hydrogen) atoms. The summed E-state index contributed by atoms with van der Waals surface area (Å²) < 4.78 is 11.8. The molecule has 1 aliphatic carbocycles. The van der Waals surface area contributed by atoms with E-state index in [-0.39, 0.29) is 23.8 Å². The number of ether oxygens (including phenoxy) is 2. The fourth-order valence-electron chi connectivity index (χ4n) is 4.01. The van der Waals surface area contributed by atoms with Crippen molar-refractivity contribution in [3.8, 4) is 17.7 Å². The van der Waals surface area contributed by atoms with E-state index in [1.165, 1.54) is 12.8 Å². The van der Waals surface area contributed by atoms with Crippen LogP contribution in [0.15, 0.2) is 35.7 Å². The van der Waals surface area contributed by atoms with Crippen molar-refractivity contribution in [2.24, 2.45) is 5.73 Å². The molecule has 1 aliphatic heterocycles. The highest BCUT2D eigenvalue weighted by Gasteiger charge is 2.36. The molecule has 1 saturated carbocycles. The fourth-order valence-corrected chi connectivity index (χ4v) is 4.01.